The first-order valence-electron chi connectivity index (χ1n) is 6.23. The van der Waals surface area contributed by atoms with Crippen LogP contribution in [0.2, 0.25) is 0 Å². The molecule has 3 heteroatoms. The van der Waals surface area contributed by atoms with Crippen LogP contribution in [0.5, 0.6) is 0 Å². The monoisotopic (exact) mass is 424 g/mol. The quantitative estimate of drug-likeness (QED) is 0.444. The van der Waals surface area contributed by atoms with Crippen LogP contribution in [0.4, 0.5) is 0 Å². The standard InChI is InChI=1S/C15H22BrIO/c1-14(2,3)9-10-18-15(4,11-17)12-7-5-6-8-13(12)16/h5-8H,9-11H2,1-4H3. The summed E-state index contributed by atoms with van der Waals surface area (Å²) < 4.78 is 8.25. The molecule has 0 bridgehead atoms. The summed E-state index contributed by atoms with van der Waals surface area (Å²) in [5, 5.41) is 0. The Hall–Kier alpha value is 0.390. The zero-order valence-corrected chi connectivity index (χ0v) is 15.3. The fraction of sp³-hybridized carbons (Fsp3) is 0.600. The molecule has 0 saturated carbocycles. The van der Waals surface area contributed by atoms with Gasteiger partial charge in [-0.2, -0.15) is 0 Å². The number of ether oxygens (including phenoxy) is 1. The molecule has 1 nitrogen and oxygen atoms in total. The van der Waals surface area contributed by atoms with Crippen LogP contribution in [0.15, 0.2) is 28.7 Å². The van der Waals surface area contributed by atoms with Gasteiger partial charge in [-0.1, -0.05) is 77.5 Å². The smallest absolute Gasteiger partial charge is 0.100 e. The van der Waals surface area contributed by atoms with E-state index in [2.05, 4.69) is 84.4 Å². The summed E-state index contributed by atoms with van der Waals surface area (Å²) in [4.78, 5) is 0. The SMILES string of the molecule is CC(C)(C)CCOC(C)(CI)c1ccccc1Br. The van der Waals surface area contributed by atoms with Crippen LogP contribution in [0, 0.1) is 5.41 Å². The fourth-order valence-corrected chi connectivity index (χ4v) is 3.00. The molecule has 0 fully saturated rings. The summed E-state index contributed by atoms with van der Waals surface area (Å²) >= 11 is 6.02. The van der Waals surface area contributed by atoms with E-state index >= 15 is 0 Å². The third-order valence-corrected chi connectivity index (χ3v) is 5.12. The Bertz CT molecular complexity index is 386. The lowest BCUT2D eigenvalue weighted by Gasteiger charge is -2.31. The van der Waals surface area contributed by atoms with Gasteiger partial charge in [0.15, 0.2) is 0 Å². The lowest BCUT2D eigenvalue weighted by atomic mass is 9.92. The first kappa shape index (κ1) is 16.4. The summed E-state index contributed by atoms with van der Waals surface area (Å²) in [6, 6.07) is 8.32. The Morgan fingerprint density at radius 1 is 1.17 bits per heavy atom. The van der Waals surface area contributed by atoms with Crippen molar-refractivity contribution in [1.82, 2.24) is 0 Å². The summed E-state index contributed by atoms with van der Waals surface area (Å²) in [6.45, 7) is 9.70. The van der Waals surface area contributed by atoms with Crippen LogP contribution in [-0.2, 0) is 10.3 Å². The molecule has 1 unspecified atom stereocenters. The zero-order valence-electron chi connectivity index (χ0n) is 11.6. The summed E-state index contributed by atoms with van der Waals surface area (Å²) in [7, 11) is 0. The van der Waals surface area contributed by atoms with Crippen molar-refractivity contribution in [1.29, 1.82) is 0 Å². The number of benzene rings is 1. The van der Waals surface area contributed by atoms with Crippen molar-refractivity contribution in [3.63, 3.8) is 0 Å². The van der Waals surface area contributed by atoms with E-state index in [1.54, 1.807) is 0 Å². The van der Waals surface area contributed by atoms with E-state index < -0.39 is 0 Å². The highest BCUT2D eigenvalue weighted by atomic mass is 127. The molecule has 0 aliphatic heterocycles. The van der Waals surface area contributed by atoms with Gasteiger partial charge in [-0.15, -0.1) is 0 Å². The van der Waals surface area contributed by atoms with Gasteiger partial charge in [-0.3, -0.25) is 0 Å². The van der Waals surface area contributed by atoms with Crippen molar-refractivity contribution in [3.8, 4) is 0 Å². The molecule has 102 valence electrons. The van der Waals surface area contributed by atoms with Crippen LogP contribution < -0.4 is 0 Å². The first-order chi connectivity index (χ1) is 8.28. The topological polar surface area (TPSA) is 9.23 Å². The number of alkyl halides is 1. The van der Waals surface area contributed by atoms with Gasteiger partial charge in [0.1, 0.15) is 5.60 Å². The van der Waals surface area contributed by atoms with Gasteiger partial charge in [-0.05, 0) is 30.4 Å². The molecule has 1 aromatic carbocycles. The molecule has 0 heterocycles. The molecule has 0 aliphatic rings. The molecular weight excluding hydrogens is 403 g/mol. The highest BCUT2D eigenvalue weighted by Crippen LogP contribution is 2.34. The molecule has 0 spiro atoms. The van der Waals surface area contributed by atoms with Gasteiger partial charge in [0.2, 0.25) is 0 Å². The maximum Gasteiger partial charge on any atom is 0.100 e. The molecule has 0 N–H and O–H groups in total. The first-order valence-corrected chi connectivity index (χ1v) is 8.55. The van der Waals surface area contributed by atoms with Crippen molar-refractivity contribution in [2.24, 2.45) is 5.41 Å². The third-order valence-electron chi connectivity index (χ3n) is 2.97. The van der Waals surface area contributed by atoms with E-state index in [-0.39, 0.29) is 5.60 Å². The third kappa shape index (κ3) is 4.82. The van der Waals surface area contributed by atoms with Crippen molar-refractivity contribution < 1.29 is 4.74 Å². The lowest BCUT2D eigenvalue weighted by Crippen LogP contribution is -2.29. The van der Waals surface area contributed by atoms with Gasteiger partial charge >= 0.3 is 0 Å². The molecule has 0 amide bonds. The number of hydrogen-bond acceptors (Lipinski definition) is 1. The molecule has 0 radical (unpaired) electrons. The van der Waals surface area contributed by atoms with E-state index in [1.165, 1.54) is 5.56 Å². The molecule has 1 rings (SSSR count). The Morgan fingerprint density at radius 2 is 1.78 bits per heavy atom. The zero-order chi connectivity index (χ0) is 13.8. The maximum absolute atomic E-state index is 6.18. The van der Waals surface area contributed by atoms with Crippen LogP contribution in [-0.4, -0.2) is 11.0 Å². The van der Waals surface area contributed by atoms with Crippen molar-refractivity contribution in [2.45, 2.75) is 39.7 Å². The van der Waals surface area contributed by atoms with Crippen molar-refractivity contribution in [3.05, 3.63) is 34.3 Å². The number of hydrogen-bond donors (Lipinski definition) is 0. The Kier molecular flexibility index (Phi) is 6.13. The van der Waals surface area contributed by atoms with Gasteiger partial charge < -0.3 is 4.74 Å². The van der Waals surface area contributed by atoms with Gasteiger partial charge in [0.05, 0.1) is 0 Å². The molecule has 1 atom stereocenters. The van der Waals surface area contributed by atoms with E-state index in [9.17, 15) is 0 Å². The van der Waals surface area contributed by atoms with Gasteiger partial charge in [0.25, 0.3) is 0 Å². The van der Waals surface area contributed by atoms with Crippen molar-refractivity contribution >= 4 is 38.5 Å². The lowest BCUT2D eigenvalue weighted by molar-refractivity contribution is -0.0263. The normalized spacial score (nSPS) is 15.4. The predicted molar refractivity (Wildman–Crippen MR) is 90.4 cm³/mol. The van der Waals surface area contributed by atoms with E-state index in [4.69, 9.17) is 4.74 Å². The second-order valence-electron chi connectivity index (χ2n) is 6.00. The van der Waals surface area contributed by atoms with Crippen molar-refractivity contribution in [2.75, 3.05) is 11.0 Å². The second kappa shape index (κ2) is 6.71. The van der Waals surface area contributed by atoms with E-state index in [0.29, 0.717) is 5.41 Å². The second-order valence-corrected chi connectivity index (χ2v) is 7.62. The van der Waals surface area contributed by atoms with Crippen LogP contribution >= 0.6 is 38.5 Å². The predicted octanol–water partition coefficient (Wildman–Crippen LogP) is 5.55. The molecule has 0 saturated heterocycles. The fourth-order valence-electron chi connectivity index (χ4n) is 1.66. The Morgan fingerprint density at radius 3 is 2.28 bits per heavy atom. The molecule has 1 aromatic rings. The van der Waals surface area contributed by atoms with E-state index in [1.807, 2.05) is 6.07 Å². The molecule has 0 aromatic heterocycles. The number of rotatable bonds is 5. The van der Waals surface area contributed by atoms with Gasteiger partial charge in [-0.25, -0.2) is 0 Å². The molecular formula is C15H22BrIO. The molecule has 18 heavy (non-hydrogen) atoms. The summed E-state index contributed by atoms with van der Waals surface area (Å²) in [6.07, 6.45) is 1.07. The van der Waals surface area contributed by atoms with E-state index in [0.717, 1.165) is 21.9 Å². The van der Waals surface area contributed by atoms with Gasteiger partial charge in [0, 0.05) is 15.5 Å². The highest BCUT2D eigenvalue weighted by Gasteiger charge is 2.28. The Balaban J connectivity index is 2.77. The molecule has 0 aliphatic carbocycles. The summed E-state index contributed by atoms with van der Waals surface area (Å²) in [5.74, 6) is 0. The van der Waals surface area contributed by atoms with Crippen LogP contribution in [0.1, 0.15) is 39.7 Å². The van der Waals surface area contributed by atoms with Crippen LogP contribution in [0.25, 0.3) is 0 Å². The maximum atomic E-state index is 6.18. The Labute approximate surface area is 133 Å². The summed E-state index contributed by atoms with van der Waals surface area (Å²) in [5.41, 5.74) is 1.33. The van der Waals surface area contributed by atoms with Crippen LogP contribution in [0.3, 0.4) is 0 Å². The minimum Gasteiger partial charge on any atom is -0.370 e. The highest BCUT2D eigenvalue weighted by molar-refractivity contribution is 14.1. The minimum absolute atomic E-state index is 0.216. The average molecular weight is 425 g/mol. The number of halogens is 2. The largest absolute Gasteiger partial charge is 0.370 e. The average Bonchev–Trinajstić information content (AvgIpc) is 2.27. The minimum atomic E-state index is -0.216.